The number of nitrogens with zero attached hydrogens (tertiary/aromatic N) is 1. The van der Waals surface area contributed by atoms with Crippen LogP contribution in [0.3, 0.4) is 0 Å². The highest BCUT2D eigenvalue weighted by Crippen LogP contribution is 2.22. The van der Waals surface area contributed by atoms with Gasteiger partial charge in [-0.1, -0.05) is 37.8 Å². The van der Waals surface area contributed by atoms with Crippen LogP contribution in [-0.2, 0) is 14.8 Å². The molecule has 0 saturated heterocycles. The lowest BCUT2D eigenvalue weighted by atomic mass is 10.1. The Balaban J connectivity index is 1.44. The van der Waals surface area contributed by atoms with E-state index < -0.39 is 10.0 Å². The third-order valence-corrected chi connectivity index (χ3v) is 6.18. The van der Waals surface area contributed by atoms with Crippen LogP contribution in [0.5, 0.6) is 0 Å². The van der Waals surface area contributed by atoms with E-state index in [4.69, 9.17) is 0 Å². The fourth-order valence-electron chi connectivity index (χ4n) is 3.42. The molecule has 1 aromatic carbocycles. The molecule has 142 valence electrons. The first-order valence-electron chi connectivity index (χ1n) is 9.23. The molecular weight excluding hydrogens is 352 g/mol. The highest BCUT2D eigenvalue weighted by Gasteiger charge is 2.30. The monoisotopic (exact) mass is 378 g/mol. The molecule has 1 saturated carbocycles. The van der Waals surface area contributed by atoms with E-state index in [1.165, 1.54) is 44.6 Å². The average Bonchev–Trinajstić information content (AvgIpc) is 2.80. The summed E-state index contributed by atoms with van der Waals surface area (Å²) in [5.41, 5.74) is 0.510. The molecule has 1 heterocycles. The largest absolute Gasteiger partial charge is 0.353 e. The molecule has 3 N–H and O–H groups in total. The van der Waals surface area contributed by atoms with Crippen molar-refractivity contribution in [2.75, 3.05) is 19.6 Å². The summed E-state index contributed by atoms with van der Waals surface area (Å²) in [6.07, 6.45) is 7.62. The van der Waals surface area contributed by atoms with Gasteiger partial charge in [0.05, 0.1) is 4.90 Å². The first kappa shape index (κ1) is 18.8. The van der Waals surface area contributed by atoms with Crippen molar-refractivity contribution in [1.29, 1.82) is 0 Å². The van der Waals surface area contributed by atoms with Gasteiger partial charge in [0.15, 0.2) is 0 Å². The molecule has 0 unspecified atom stereocenters. The number of rotatable bonds is 6. The van der Waals surface area contributed by atoms with Crippen molar-refractivity contribution in [2.45, 2.75) is 49.5 Å². The van der Waals surface area contributed by atoms with Gasteiger partial charge in [0.1, 0.15) is 12.4 Å². The van der Waals surface area contributed by atoms with Crippen molar-refractivity contribution in [3.8, 4) is 0 Å². The minimum Gasteiger partial charge on any atom is -0.353 e. The van der Waals surface area contributed by atoms with E-state index in [-0.39, 0.29) is 23.2 Å². The van der Waals surface area contributed by atoms with E-state index in [0.717, 1.165) is 6.54 Å². The zero-order chi connectivity index (χ0) is 18.4. The van der Waals surface area contributed by atoms with E-state index in [2.05, 4.69) is 20.3 Å². The van der Waals surface area contributed by atoms with Crippen LogP contribution in [0.15, 0.2) is 34.2 Å². The van der Waals surface area contributed by atoms with E-state index in [1.54, 1.807) is 18.2 Å². The fourth-order valence-corrected chi connectivity index (χ4v) is 4.67. The van der Waals surface area contributed by atoms with Gasteiger partial charge >= 0.3 is 0 Å². The topological polar surface area (TPSA) is 99.7 Å². The molecule has 0 spiro atoms. The summed E-state index contributed by atoms with van der Waals surface area (Å²) in [6, 6.07) is 7.17. The minimum atomic E-state index is -3.56. The Morgan fingerprint density at radius 2 is 1.85 bits per heavy atom. The maximum Gasteiger partial charge on any atom is 0.263 e. The van der Waals surface area contributed by atoms with E-state index >= 15 is 0 Å². The number of carbonyl (C=O) groups excluding carboxylic acids is 1. The summed E-state index contributed by atoms with van der Waals surface area (Å²) in [7, 11) is -3.56. The Morgan fingerprint density at radius 3 is 2.62 bits per heavy atom. The first-order valence-corrected chi connectivity index (χ1v) is 10.7. The number of carbonyl (C=O) groups is 1. The standard InChI is InChI=1S/C18H26N4O3S/c23-17(20-12-11-19-14-7-3-1-2-4-8-14)13-21-18-15-9-5-6-10-16(15)26(24,25)22-18/h5-6,9-10,14,19H,1-4,7-8,11-13H2,(H,20,23)(H,21,22). The predicted octanol–water partition coefficient (Wildman–Crippen LogP) is 1.15. The number of hydrogen-bond acceptors (Lipinski definition) is 5. The van der Waals surface area contributed by atoms with Gasteiger partial charge in [-0.15, -0.1) is 0 Å². The van der Waals surface area contributed by atoms with Gasteiger partial charge in [0.25, 0.3) is 10.0 Å². The number of hydrogen-bond donors (Lipinski definition) is 3. The molecule has 7 nitrogen and oxygen atoms in total. The SMILES string of the molecule is O=C(CN=C1NS(=O)(=O)c2ccccc21)NCCNC1CCCCCC1. The van der Waals surface area contributed by atoms with Crippen molar-refractivity contribution in [1.82, 2.24) is 15.4 Å². The van der Waals surface area contributed by atoms with Crippen LogP contribution in [0.1, 0.15) is 44.1 Å². The highest BCUT2D eigenvalue weighted by atomic mass is 32.2. The number of amidine groups is 1. The van der Waals surface area contributed by atoms with Gasteiger partial charge in [-0.2, -0.15) is 0 Å². The van der Waals surface area contributed by atoms with Crippen molar-refractivity contribution >= 4 is 21.8 Å². The molecule has 1 amide bonds. The number of benzene rings is 1. The van der Waals surface area contributed by atoms with Crippen LogP contribution in [0.4, 0.5) is 0 Å². The Bertz CT molecular complexity index is 768. The maximum atomic E-state index is 12.0. The normalized spacial score (nSPS) is 21.0. The van der Waals surface area contributed by atoms with E-state index in [1.807, 2.05) is 0 Å². The summed E-state index contributed by atoms with van der Waals surface area (Å²) < 4.78 is 26.4. The predicted molar refractivity (Wildman–Crippen MR) is 101 cm³/mol. The van der Waals surface area contributed by atoms with Crippen LogP contribution in [-0.4, -0.2) is 45.8 Å². The first-order chi connectivity index (χ1) is 12.6. The Morgan fingerprint density at radius 1 is 1.12 bits per heavy atom. The summed E-state index contributed by atoms with van der Waals surface area (Å²) in [5.74, 6) is 0.0103. The zero-order valence-corrected chi connectivity index (χ0v) is 15.6. The summed E-state index contributed by atoms with van der Waals surface area (Å²) in [4.78, 5) is 16.3. The third kappa shape index (κ3) is 4.82. The number of nitrogens with one attached hydrogen (secondary N) is 3. The molecule has 0 aromatic heterocycles. The van der Waals surface area contributed by atoms with Crippen LogP contribution < -0.4 is 15.4 Å². The van der Waals surface area contributed by atoms with Gasteiger partial charge in [0.2, 0.25) is 5.91 Å². The molecule has 1 aliphatic carbocycles. The summed E-state index contributed by atoms with van der Waals surface area (Å²) in [6.45, 7) is 1.18. The molecule has 26 heavy (non-hydrogen) atoms. The van der Waals surface area contributed by atoms with Gasteiger partial charge in [-0.3, -0.25) is 14.5 Å². The fraction of sp³-hybridized carbons (Fsp3) is 0.556. The number of amides is 1. The average molecular weight is 378 g/mol. The second kappa shape index (κ2) is 8.64. The van der Waals surface area contributed by atoms with Crippen molar-refractivity contribution < 1.29 is 13.2 Å². The van der Waals surface area contributed by atoms with Gasteiger partial charge in [-0.05, 0) is 25.0 Å². The van der Waals surface area contributed by atoms with Crippen LogP contribution in [0.2, 0.25) is 0 Å². The van der Waals surface area contributed by atoms with Gasteiger partial charge < -0.3 is 10.6 Å². The Hall–Kier alpha value is -1.93. The van der Waals surface area contributed by atoms with Gasteiger partial charge in [-0.25, -0.2) is 8.42 Å². The molecule has 1 fully saturated rings. The number of aliphatic imine (C=N–C) groups is 1. The van der Waals surface area contributed by atoms with Crippen molar-refractivity contribution in [2.24, 2.45) is 4.99 Å². The zero-order valence-electron chi connectivity index (χ0n) is 14.8. The van der Waals surface area contributed by atoms with Crippen LogP contribution in [0, 0.1) is 0 Å². The molecular formula is C18H26N4O3S. The lowest BCUT2D eigenvalue weighted by molar-refractivity contribution is -0.119. The molecule has 0 atom stereocenters. The quantitative estimate of drug-likeness (QED) is 0.511. The van der Waals surface area contributed by atoms with E-state index in [0.29, 0.717) is 18.2 Å². The number of sulfonamides is 1. The smallest absolute Gasteiger partial charge is 0.263 e. The highest BCUT2D eigenvalue weighted by molar-refractivity contribution is 7.90. The molecule has 0 bridgehead atoms. The Labute approximate surface area is 154 Å². The van der Waals surface area contributed by atoms with Crippen molar-refractivity contribution in [3.63, 3.8) is 0 Å². The maximum absolute atomic E-state index is 12.0. The minimum absolute atomic E-state index is 0.102. The molecule has 1 aromatic rings. The second-order valence-corrected chi connectivity index (χ2v) is 8.41. The molecule has 2 aliphatic rings. The lowest BCUT2D eigenvalue weighted by Gasteiger charge is -2.16. The van der Waals surface area contributed by atoms with Crippen LogP contribution in [0.25, 0.3) is 0 Å². The third-order valence-electron chi connectivity index (χ3n) is 4.78. The number of fused-ring (bicyclic) bond motifs is 1. The second-order valence-electron chi connectivity index (χ2n) is 6.76. The summed E-state index contributed by atoms with van der Waals surface area (Å²) >= 11 is 0. The van der Waals surface area contributed by atoms with E-state index in [9.17, 15) is 13.2 Å². The molecule has 8 heteroatoms. The molecule has 0 radical (unpaired) electrons. The lowest BCUT2D eigenvalue weighted by Crippen LogP contribution is -2.37. The van der Waals surface area contributed by atoms with Crippen LogP contribution >= 0.6 is 0 Å². The van der Waals surface area contributed by atoms with Gasteiger partial charge in [0, 0.05) is 24.7 Å². The molecule has 3 rings (SSSR count). The van der Waals surface area contributed by atoms with Crippen molar-refractivity contribution in [3.05, 3.63) is 29.8 Å². The Kier molecular flexibility index (Phi) is 6.26. The summed E-state index contributed by atoms with van der Waals surface area (Å²) in [5, 5.41) is 6.32. The molecule has 1 aliphatic heterocycles.